The Bertz CT molecular complexity index is 496. The number of benzene rings is 1. The van der Waals surface area contributed by atoms with E-state index in [2.05, 4.69) is 10.2 Å². The van der Waals surface area contributed by atoms with Crippen LogP contribution >= 0.6 is 0 Å². The average molecular weight is 259 g/mol. The van der Waals surface area contributed by atoms with Gasteiger partial charge in [-0.15, -0.1) is 0 Å². The molecule has 19 heavy (non-hydrogen) atoms. The van der Waals surface area contributed by atoms with Gasteiger partial charge in [0.15, 0.2) is 0 Å². The van der Waals surface area contributed by atoms with Gasteiger partial charge in [-0.3, -0.25) is 4.79 Å². The van der Waals surface area contributed by atoms with Gasteiger partial charge in [0.25, 0.3) is 0 Å². The van der Waals surface area contributed by atoms with Gasteiger partial charge in [0.2, 0.25) is 5.91 Å². The van der Waals surface area contributed by atoms with Gasteiger partial charge in [-0.25, -0.2) is 0 Å². The maximum atomic E-state index is 11.8. The summed E-state index contributed by atoms with van der Waals surface area (Å²) in [5, 5.41) is 20.9. The van der Waals surface area contributed by atoms with Crippen molar-refractivity contribution in [2.75, 3.05) is 25.0 Å². The Hall–Kier alpha value is -1.90. The number of hydrogen-bond donors (Lipinski definition) is 2. The number of rotatable bonds is 4. The van der Waals surface area contributed by atoms with Crippen molar-refractivity contribution >= 4 is 11.6 Å². The van der Waals surface area contributed by atoms with Crippen LogP contribution < -0.4 is 5.32 Å². The zero-order chi connectivity index (χ0) is 13.7. The molecule has 1 aliphatic heterocycles. The fourth-order valence-corrected chi connectivity index (χ4v) is 2.16. The van der Waals surface area contributed by atoms with E-state index in [0.717, 1.165) is 13.0 Å². The van der Waals surface area contributed by atoms with Crippen molar-refractivity contribution in [1.29, 1.82) is 5.26 Å². The zero-order valence-corrected chi connectivity index (χ0v) is 10.7. The van der Waals surface area contributed by atoms with Crippen LogP contribution in [-0.4, -0.2) is 41.7 Å². The predicted molar refractivity (Wildman–Crippen MR) is 71.5 cm³/mol. The summed E-state index contributed by atoms with van der Waals surface area (Å²) in [4.78, 5) is 13.8. The van der Waals surface area contributed by atoms with Crippen molar-refractivity contribution in [2.45, 2.75) is 18.9 Å². The third kappa shape index (κ3) is 4.05. The lowest BCUT2D eigenvalue weighted by Crippen LogP contribution is -2.26. The summed E-state index contributed by atoms with van der Waals surface area (Å²) >= 11 is 0. The quantitative estimate of drug-likeness (QED) is 0.844. The van der Waals surface area contributed by atoms with Gasteiger partial charge in [-0.05, 0) is 24.6 Å². The van der Waals surface area contributed by atoms with E-state index in [1.165, 1.54) is 0 Å². The molecule has 0 radical (unpaired) electrons. The Morgan fingerprint density at radius 1 is 1.58 bits per heavy atom. The zero-order valence-electron chi connectivity index (χ0n) is 10.7. The number of nitriles is 1. The molecule has 2 rings (SSSR count). The Balaban J connectivity index is 1.79. The molecule has 1 aromatic carbocycles. The SMILES string of the molecule is N#Cc1cccc(NC(=O)CCN2CCC(O)C2)c1. The van der Waals surface area contributed by atoms with Gasteiger partial charge in [-0.2, -0.15) is 5.26 Å². The van der Waals surface area contributed by atoms with E-state index in [4.69, 9.17) is 5.26 Å². The second-order valence-electron chi connectivity index (χ2n) is 4.73. The summed E-state index contributed by atoms with van der Waals surface area (Å²) in [6.45, 7) is 2.15. The average Bonchev–Trinajstić information content (AvgIpc) is 2.82. The second-order valence-corrected chi connectivity index (χ2v) is 4.73. The number of nitrogens with zero attached hydrogens (tertiary/aromatic N) is 2. The van der Waals surface area contributed by atoms with Crippen LogP contribution in [0, 0.1) is 11.3 Å². The Labute approximate surface area is 112 Å². The van der Waals surface area contributed by atoms with Crippen LogP contribution in [-0.2, 0) is 4.79 Å². The Morgan fingerprint density at radius 2 is 2.42 bits per heavy atom. The fourth-order valence-electron chi connectivity index (χ4n) is 2.16. The Morgan fingerprint density at radius 3 is 3.11 bits per heavy atom. The molecular formula is C14H17N3O2. The monoisotopic (exact) mass is 259 g/mol. The van der Waals surface area contributed by atoms with E-state index < -0.39 is 0 Å². The highest BCUT2D eigenvalue weighted by Crippen LogP contribution is 2.11. The molecule has 0 aromatic heterocycles. The molecule has 1 atom stereocenters. The molecule has 1 fully saturated rings. The summed E-state index contributed by atoms with van der Waals surface area (Å²) in [5.41, 5.74) is 1.17. The van der Waals surface area contributed by atoms with Gasteiger partial charge < -0.3 is 15.3 Å². The first-order chi connectivity index (χ1) is 9.17. The summed E-state index contributed by atoms with van der Waals surface area (Å²) < 4.78 is 0. The minimum Gasteiger partial charge on any atom is -0.392 e. The summed E-state index contributed by atoms with van der Waals surface area (Å²) in [7, 11) is 0. The molecule has 100 valence electrons. The third-order valence-electron chi connectivity index (χ3n) is 3.18. The number of nitrogens with one attached hydrogen (secondary N) is 1. The second kappa shape index (κ2) is 6.32. The van der Waals surface area contributed by atoms with Crippen LogP contribution in [0.4, 0.5) is 5.69 Å². The molecule has 0 saturated carbocycles. The predicted octanol–water partition coefficient (Wildman–Crippen LogP) is 0.953. The topological polar surface area (TPSA) is 76.4 Å². The maximum absolute atomic E-state index is 11.8. The fraction of sp³-hybridized carbons (Fsp3) is 0.429. The van der Waals surface area contributed by atoms with E-state index >= 15 is 0 Å². The van der Waals surface area contributed by atoms with E-state index in [1.807, 2.05) is 6.07 Å². The summed E-state index contributed by atoms with van der Waals surface area (Å²) in [5.74, 6) is -0.0727. The van der Waals surface area contributed by atoms with Crippen LogP contribution in [0.15, 0.2) is 24.3 Å². The van der Waals surface area contributed by atoms with Crippen LogP contribution in [0.5, 0.6) is 0 Å². The molecule has 1 aliphatic rings. The van der Waals surface area contributed by atoms with Crippen molar-refractivity contribution in [3.05, 3.63) is 29.8 Å². The lowest BCUT2D eigenvalue weighted by Gasteiger charge is -2.14. The van der Waals surface area contributed by atoms with Gasteiger partial charge in [0.1, 0.15) is 0 Å². The molecule has 0 spiro atoms. The van der Waals surface area contributed by atoms with E-state index in [9.17, 15) is 9.90 Å². The molecule has 1 aromatic rings. The van der Waals surface area contributed by atoms with Crippen molar-refractivity contribution < 1.29 is 9.90 Å². The van der Waals surface area contributed by atoms with Gasteiger partial charge in [-0.1, -0.05) is 6.07 Å². The number of anilines is 1. The van der Waals surface area contributed by atoms with Crippen molar-refractivity contribution in [3.63, 3.8) is 0 Å². The minimum absolute atomic E-state index is 0.0727. The highest BCUT2D eigenvalue weighted by atomic mass is 16.3. The lowest BCUT2D eigenvalue weighted by atomic mass is 10.2. The molecule has 0 aliphatic carbocycles. The third-order valence-corrected chi connectivity index (χ3v) is 3.18. The number of carbonyl (C=O) groups excluding carboxylic acids is 1. The first-order valence-corrected chi connectivity index (χ1v) is 6.38. The van der Waals surface area contributed by atoms with Crippen LogP contribution in [0.1, 0.15) is 18.4 Å². The molecule has 0 bridgehead atoms. The number of hydrogen-bond acceptors (Lipinski definition) is 4. The first-order valence-electron chi connectivity index (χ1n) is 6.38. The smallest absolute Gasteiger partial charge is 0.225 e. The number of amides is 1. The first kappa shape index (κ1) is 13.5. The summed E-state index contributed by atoms with van der Waals surface area (Å²) in [6.07, 6.45) is 0.922. The number of β-amino-alcohol motifs (C(OH)–C–C–N with tert-alkyl or cyclic N) is 1. The highest BCUT2D eigenvalue weighted by molar-refractivity contribution is 5.90. The van der Waals surface area contributed by atoms with Gasteiger partial charge in [0, 0.05) is 31.7 Å². The van der Waals surface area contributed by atoms with Crippen LogP contribution in [0.25, 0.3) is 0 Å². The molecule has 1 unspecified atom stereocenters. The minimum atomic E-state index is -0.254. The largest absolute Gasteiger partial charge is 0.392 e. The number of aliphatic hydroxyl groups excluding tert-OH is 1. The molecule has 5 heteroatoms. The molecule has 5 nitrogen and oxygen atoms in total. The summed E-state index contributed by atoms with van der Waals surface area (Å²) in [6, 6.07) is 8.88. The molecule has 1 heterocycles. The standard InChI is InChI=1S/C14H17N3O2/c15-9-11-2-1-3-12(8-11)16-14(19)5-7-17-6-4-13(18)10-17/h1-3,8,13,18H,4-7,10H2,(H,16,19). The Kier molecular flexibility index (Phi) is 4.50. The van der Waals surface area contributed by atoms with E-state index in [-0.39, 0.29) is 12.0 Å². The highest BCUT2D eigenvalue weighted by Gasteiger charge is 2.20. The van der Waals surface area contributed by atoms with Crippen LogP contribution in [0.3, 0.4) is 0 Å². The number of carbonyl (C=O) groups is 1. The van der Waals surface area contributed by atoms with E-state index in [1.54, 1.807) is 24.3 Å². The van der Waals surface area contributed by atoms with Crippen molar-refractivity contribution in [3.8, 4) is 6.07 Å². The number of aliphatic hydroxyl groups is 1. The molecule has 2 N–H and O–H groups in total. The molecule has 1 amide bonds. The van der Waals surface area contributed by atoms with Crippen molar-refractivity contribution in [2.24, 2.45) is 0 Å². The van der Waals surface area contributed by atoms with Crippen molar-refractivity contribution in [1.82, 2.24) is 4.90 Å². The maximum Gasteiger partial charge on any atom is 0.225 e. The van der Waals surface area contributed by atoms with Crippen LogP contribution in [0.2, 0.25) is 0 Å². The van der Waals surface area contributed by atoms with E-state index in [0.29, 0.717) is 30.8 Å². The number of likely N-dealkylation sites (tertiary alicyclic amines) is 1. The molecular weight excluding hydrogens is 242 g/mol. The molecule has 1 saturated heterocycles. The lowest BCUT2D eigenvalue weighted by molar-refractivity contribution is -0.116. The van der Waals surface area contributed by atoms with Gasteiger partial charge in [0.05, 0.1) is 17.7 Å². The normalized spacial score (nSPS) is 19.1. The van der Waals surface area contributed by atoms with Gasteiger partial charge >= 0.3 is 0 Å².